The fraction of sp³-hybridized carbons (Fsp3) is 0.188. The van der Waals surface area contributed by atoms with Crippen molar-refractivity contribution in [3.63, 3.8) is 0 Å². The zero-order valence-corrected chi connectivity index (χ0v) is 12.2. The number of nitrogens with zero attached hydrogens (tertiary/aromatic N) is 2. The number of carbonyl (C=O) groups is 1. The van der Waals surface area contributed by atoms with Crippen molar-refractivity contribution in [3.8, 4) is 0 Å². The van der Waals surface area contributed by atoms with Crippen LogP contribution in [0.4, 0.5) is 5.69 Å². The van der Waals surface area contributed by atoms with E-state index in [4.69, 9.17) is 5.41 Å². The summed E-state index contributed by atoms with van der Waals surface area (Å²) >= 11 is 0. The van der Waals surface area contributed by atoms with Gasteiger partial charge in [0.05, 0.1) is 6.33 Å². The van der Waals surface area contributed by atoms with E-state index in [9.17, 15) is 4.79 Å². The molecule has 0 aliphatic heterocycles. The van der Waals surface area contributed by atoms with Crippen LogP contribution < -0.4 is 10.6 Å². The van der Waals surface area contributed by atoms with Crippen LogP contribution in [-0.4, -0.2) is 28.2 Å². The molecular weight excluding hydrogens is 278 g/mol. The molecule has 0 aliphatic carbocycles. The van der Waals surface area contributed by atoms with Crippen LogP contribution in [-0.2, 0) is 6.54 Å². The Kier molecular flexibility index (Phi) is 5.92. The molecule has 1 amide bonds. The van der Waals surface area contributed by atoms with Crippen LogP contribution in [0.3, 0.4) is 0 Å². The predicted molar refractivity (Wildman–Crippen MR) is 87.2 cm³/mol. The largest absolute Gasteiger partial charge is 0.362 e. The smallest absolute Gasteiger partial charge is 0.251 e. The van der Waals surface area contributed by atoms with Crippen molar-refractivity contribution in [1.29, 1.82) is 5.41 Å². The molecule has 0 aliphatic rings. The van der Waals surface area contributed by atoms with E-state index in [1.165, 1.54) is 6.21 Å². The number of amides is 1. The number of carbonyl (C=O) groups excluding carboxylic acids is 1. The van der Waals surface area contributed by atoms with Gasteiger partial charge in [-0.2, -0.15) is 0 Å². The second-order valence-corrected chi connectivity index (χ2v) is 4.66. The molecule has 6 heteroatoms. The Balaban J connectivity index is 1.74. The van der Waals surface area contributed by atoms with Crippen molar-refractivity contribution in [2.24, 2.45) is 0 Å². The van der Waals surface area contributed by atoms with Gasteiger partial charge in [0.1, 0.15) is 0 Å². The number of allylic oxidation sites excluding steroid dienone is 1. The standard InChI is InChI=1S/C16H19N5O/c17-7-1-8-19-15-5-3-14(4-6-15)16(22)20-9-2-11-21-12-10-18-13-21/h1,3-8,10,12-13,17,19H,2,9,11H2,(H,20,22)/b8-1-,17-7?. The van der Waals surface area contributed by atoms with Gasteiger partial charge in [-0.1, -0.05) is 0 Å². The van der Waals surface area contributed by atoms with Gasteiger partial charge in [0.2, 0.25) is 0 Å². The van der Waals surface area contributed by atoms with Gasteiger partial charge in [0, 0.05) is 49.1 Å². The van der Waals surface area contributed by atoms with Gasteiger partial charge >= 0.3 is 0 Å². The molecule has 114 valence electrons. The Hall–Kier alpha value is -2.89. The van der Waals surface area contributed by atoms with Crippen LogP contribution in [0.1, 0.15) is 16.8 Å². The van der Waals surface area contributed by atoms with Gasteiger partial charge < -0.3 is 20.6 Å². The molecule has 0 saturated carbocycles. The van der Waals surface area contributed by atoms with Crippen molar-refractivity contribution in [1.82, 2.24) is 14.9 Å². The van der Waals surface area contributed by atoms with Crippen LogP contribution in [0.2, 0.25) is 0 Å². The summed E-state index contributed by atoms with van der Waals surface area (Å²) in [6, 6.07) is 7.20. The lowest BCUT2D eigenvalue weighted by molar-refractivity contribution is 0.0953. The van der Waals surface area contributed by atoms with E-state index < -0.39 is 0 Å². The zero-order valence-electron chi connectivity index (χ0n) is 12.2. The maximum Gasteiger partial charge on any atom is 0.251 e. The van der Waals surface area contributed by atoms with E-state index in [0.29, 0.717) is 12.1 Å². The van der Waals surface area contributed by atoms with Crippen molar-refractivity contribution in [2.45, 2.75) is 13.0 Å². The maximum absolute atomic E-state index is 12.0. The first-order valence-electron chi connectivity index (χ1n) is 7.06. The Bertz CT molecular complexity index is 616. The number of hydrogen-bond acceptors (Lipinski definition) is 4. The first-order valence-corrected chi connectivity index (χ1v) is 7.06. The Morgan fingerprint density at radius 2 is 2.14 bits per heavy atom. The van der Waals surface area contributed by atoms with Crippen LogP contribution in [0.25, 0.3) is 0 Å². The Labute approximate surface area is 129 Å². The molecule has 3 N–H and O–H groups in total. The number of nitrogens with one attached hydrogen (secondary N) is 3. The van der Waals surface area contributed by atoms with Crippen LogP contribution in [0.15, 0.2) is 55.3 Å². The molecule has 0 atom stereocenters. The summed E-state index contributed by atoms with van der Waals surface area (Å²) in [5.41, 5.74) is 1.50. The van der Waals surface area contributed by atoms with Crippen molar-refractivity contribution < 1.29 is 4.79 Å². The third kappa shape index (κ3) is 4.90. The van der Waals surface area contributed by atoms with Crippen LogP contribution in [0.5, 0.6) is 0 Å². The molecule has 6 nitrogen and oxygen atoms in total. The maximum atomic E-state index is 12.0. The highest BCUT2D eigenvalue weighted by Crippen LogP contribution is 2.09. The van der Waals surface area contributed by atoms with E-state index in [1.807, 2.05) is 22.9 Å². The fourth-order valence-electron chi connectivity index (χ4n) is 1.89. The summed E-state index contributed by atoms with van der Waals surface area (Å²) < 4.78 is 1.98. The summed E-state index contributed by atoms with van der Waals surface area (Å²) in [4.78, 5) is 16.0. The van der Waals surface area contributed by atoms with Gasteiger partial charge in [-0.15, -0.1) is 0 Å². The Morgan fingerprint density at radius 1 is 1.32 bits per heavy atom. The minimum absolute atomic E-state index is 0.0767. The molecule has 1 aromatic carbocycles. The normalized spacial score (nSPS) is 10.5. The molecule has 0 saturated heterocycles. The highest BCUT2D eigenvalue weighted by atomic mass is 16.1. The lowest BCUT2D eigenvalue weighted by atomic mass is 10.2. The molecule has 1 aromatic heterocycles. The van der Waals surface area contributed by atoms with E-state index >= 15 is 0 Å². The van der Waals surface area contributed by atoms with Gasteiger partial charge in [0.15, 0.2) is 0 Å². The van der Waals surface area contributed by atoms with Gasteiger partial charge in [-0.05, 0) is 36.8 Å². The topological polar surface area (TPSA) is 82.8 Å². The first-order chi connectivity index (χ1) is 10.8. The SMILES string of the molecule is N=C/C=C\Nc1ccc(C(=O)NCCCn2ccnc2)cc1. The number of rotatable bonds is 8. The minimum atomic E-state index is -0.0767. The highest BCUT2D eigenvalue weighted by Gasteiger charge is 2.04. The average Bonchev–Trinajstić information content (AvgIpc) is 3.06. The highest BCUT2D eigenvalue weighted by molar-refractivity contribution is 5.94. The summed E-state index contributed by atoms with van der Waals surface area (Å²) in [5, 5.41) is 12.8. The molecule has 0 bridgehead atoms. The summed E-state index contributed by atoms with van der Waals surface area (Å²) in [5.74, 6) is -0.0767. The molecule has 2 aromatic rings. The van der Waals surface area contributed by atoms with Crippen LogP contribution in [0, 0.1) is 5.41 Å². The van der Waals surface area contributed by atoms with Gasteiger partial charge in [0.25, 0.3) is 5.91 Å². The van der Waals surface area contributed by atoms with Crippen LogP contribution >= 0.6 is 0 Å². The fourth-order valence-corrected chi connectivity index (χ4v) is 1.89. The average molecular weight is 297 g/mol. The van der Waals surface area contributed by atoms with Gasteiger partial charge in [-0.25, -0.2) is 4.98 Å². The zero-order chi connectivity index (χ0) is 15.6. The molecular formula is C16H19N5O. The predicted octanol–water partition coefficient (Wildman–Crippen LogP) is 2.28. The number of benzene rings is 1. The lowest BCUT2D eigenvalue weighted by Gasteiger charge is -2.07. The molecule has 0 radical (unpaired) electrons. The number of aromatic nitrogens is 2. The third-order valence-electron chi connectivity index (χ3n) is 3.03. The van der Waals surface area contributed by atoms with Crippen molar-refractivity contribution >= 4 is 17.8 Å². The molecule has 0 fully saturated rings. The number of imidazole rings is 1. The monoisotopic (exact) mass is 297 g/mol. The quantitative estimate of drug-likeness (QED) is 0.516. The molecule has 2 rings (SSSR count). The lowest BCUT2D eigenvalue weighted by Crippen LogP contribution is -2.25. The summed E-state index contributed by atoms with van der Waals surface area (Å²) in [7, 11) is 0. The molecule has 1 heterocycles. The first kappa shape index (κ1) is 15.5. The Morgan fingerprint density at radius 3 is 2.82 bits per heavy atom. The van der Waals surface area contributed by atoms with E-state index in [0.717, 1.165) is 18.7 Å². The van der Waals surface area contributed by atoms with Crippen molar-refractivity contribution in [3.05, 3.63) is 60.8 Å². The second kappa shape index (κ2) is 8.41. The number of aryl methyl sites for hydroxylation is 1. The van der Waals surface area contributed by atoms with Crippen molar-refractivity contribution in [2.75, 3.05) is 11.9 Å². The molecule has 0 unspecified atom stereocenters. The minimum Gasteiger partial charge on any atom is -0.362 e. The van der Waals surface area contributed by atoms with E-state index in [2.05, 4.69) is 15.6 Å². The summed E-state index contributed by atoms with van der Waals surface area (Å²) in [6.45, 7) is 1.46. The number of hydrogen-bond donors (Lipinski definition) is 3. The second-order valence-electron chi connectivity index (χ2n) is 4.66. The number of anilines is 1. The third-order valence-corrected chi connectivity index (χ3v) is 3.03. The molecule has 22 heavy (non-hydrogen) atoms. The van der Waals surface area contributed by atoms with E-state index in [1.54, 1.807) is 36.9 Å². The van der Waals surface area contributed by atoms with E-state index in [-0.39, 0.29) is 5.91 Å². The molecule has 0 spiro atoms. The van der Waals surface area contributed by atoms with Gasteiger partial charge in [-0.3, -0.25) is 4.79 Å². The summed E-state index contributed by atoms with van der Waals surface area (Å²) in [6.07, 6.45) is 10.7.